The Bertz CT molecular complexity index is 1130. The molecule has 0 fully saturated rings. The summed E-state index contributed by atoms with van der Waals surface area (Å²) in [5, 5.41) is 5.99. The number of ether oxygens (including phenoxy) is 1. The van der Waals surface area contributed by atoms with Gasteiger partial charge in [-0.05, 0) is 60.7 Å². The molecule has 0 aliphatic carbocycles. The number of aliphatic imine (C=N–C) groups is 1. The third-order valence-corrected chi connectivity index (χ3v) is 5.78. The van der Waals surface area contributed by atoms with Gasteiger partial charge in [0, 0.05) is 27.7 Å². The zero-order valence-electron chi connectivity index (χ0n) is 16.5. The van der Waals surface area contributed by atoms with Gasteiger partial charge >= 0.3 is 0 Å². The second-order valence-electron chi connectivity index (χ2n) is 6.50. The third-order valence-electron chi connectivity index (χ3n) is 3.98. The van der Waals surface area contributed by atoms with E-state index in [0.29, 0.717) is 26.9 Å². The van der Waals surface area contributed by atoms with Gasteiger partial charge in [-0.15, -0.1) is 0 Å². The van der Waals surface area contributed by atoms with Gasteiger partial charge in [-0.1, -0.05) is 33.6 Å². The van der Waals surface area contributed by atoms with Gasteiger partial charge in [0.2, 0.25) is 5.91 Å². The van der Waals surface area contributed by atoms with Crippen molar-refractivity contribution in [3.05, 3.63) is 61.9 Å². The van der Waals surface area contributed by atoms with Crippen molar-refractivity contribution < 1.29 is 19.1 Å². The molecule has 2 aromatic rings. The summed E-state index contributed by atoms with van der Waals surface area (Å²) >= 11 is 10.5. The Morgan fingerprint density at radius 2 is 2.00 bits per heavy atom. The second-order valence-corrected chi connectivity index (χ2v) is 8.85. The number of hydrogen-bond donors (Lipinski definition) is 2. The van der Waals surface area contributed by atoms with Crippen molar-refractivity contribution >= 4 is 73.9 Å². The summed E-state index contributed by atoms with van der Waals surface area (Å²) in [6, 6.07) is 10.4. The Hall–Kier alpha value is -2.62. The zero-order chi connectivity index (χ0) is 22.5. The third kappa shape index (κ3) is 6.43. The molecule has 1 aliphatic heterocycles. The van der Waals surface area contributed by atoms with Crippen LogP contribution in [0.2, 0.25) is 5.02 Å². The van der Waals surface area contributed by atoms with Gasteiger partial charge in [0.15, 0.2) is 11.8 Å². The number of amidine groups is 1. The van der Waals surface area contributed by atoms with E-state index < -0.39 is 5.91 Å². The molecule has 0 atom stereocenters. The van der Waals surface area contributed by atoms with Crippen LogP contribution in [0.4, 0.5) is 5.69 Å². The summed E-state index contributed by atoms with van der Waals surface area (Å²) in [5.41, 5.74) is 2.06. The van der Waals surface area contributed by atoms with Crippen molar-refractivity contribution in [1.29, 1.82) is 0 Å². The monoisotopic (exact) mass is 521 g/mol. The number of benzene rings is 2. The topological polar surface area (TPSA) is 96.9 Å². The normalized spacial score (nSPS) is 14.4. The minimum Gasteiger partial charge on any atom is -0.483 e. The number of nitrogens with one attached hydrogen (secondary N) is 2. The first-order chi connectivity index (χ1) is 14.7. The number of thioether (sulfide) groups is 1. The maximum Gasteiger partial charge on any atom is 0.286 e. The Morgan fingerprint density at radius 1 is 1.23 bits per heavy atom. The zero-order valence-corrected chi connectivity index (χ0v) is 19.7. The van der Waals surface area contributed by atoms with E-state index in [4.69, 9.17) is 16.3 Å². The van der Waals surface area contributed by atoms with Crippen LogP contribution in [0.25, 0.3) is 6.08 Å². The van der Waals surface area contributed by atoms with E-state index in [-0.39, 0.29) is 23.6 Å². The number of hydrogen-bond acceptors (Lipinski definition) is 5. The number of carbonyl (C=O) groups excluding carboxylic acids is 3. The molecule has 0 saturated carbocycles. The summed E-state index contributed by atoms with van der Waals surface area (Å²) in [6.45, 7) is 2.97. The smallest absolute Gasteiger partial charge is 0.286 e. The highest BCUT2D eigenvalue weighted by Crippen LogP contribution is 2.32. The van der Waals surface area contributed by atoms with Crippen molar-refractivity contribution in [2.24, 2.45) is 4.99 Å². The number of carbonyl (C=O) groups is 3. The van der Waals surface area contributed by atoms with E-state index in [1.54, 1.807) is 36.4 Å². The van der Waals surface area contributed by atoms with Crippen molar-refractivity contribution in [1.82, 2.24) is 5.32 Å². The lowest BCUT2D eigenvalue weighted by molar-refractivity contribution is -0.118. The van der Waals surface area contributed by atoms with E-state index in [1.165, 1.54) is 6.92 Å². The van der Waals surface area contributed by atoms with Gasteiger partial charge in [-0.2, -0.15) is 4.99 Å². The largest absolute Gasteiger partial charge is 0.483 e. The highest BCUT2D eigenvalue weighted by molar-refractivity contribution is 9.10. The van der Waals surface area contributed by atoms with Crippen LogP contribution in [0.1, 0.15) is 18.1 Å². The summed E-state index contributed by atoms with van der Waals surface area (Å²) < 4.78 is 6.45. The van der Waals surface area contributed by atoms with Crippen molar-refractivity contribution in [2.75, 3.05) is 11.9 Å². The molecule has 0 bridgehead atoms. The lowest BCUT2D eigenvalue weighted by Crippen LogP contribution is -2.23. The highest BCUT2D eigenvalue weighted by atomic mass is 79.9. The maximum absolute atomic E-state index is 12.3. The fourth-order valence-corrected chi connectivity index (χ4v) is 3.94. The molecule has 31 heavy (non-hydrogen) atoms. The van der Waals surface area contributed by atoms with E-state index >= 15 is 0 Å². The van der Waals surface area contributed by atoms with Crippen LogP contribution in [-0.2, 0) is 14.4 Å². The molecule has 7 nitrogen and oxygen atoms in total. The van der Waals surface area contributed by atoms with Gasteiger partial charge in [-0.3, -0.25) is 14.4 Å². The predicted octanol–water partition coefficient (Wildman–Crippen LogP) is 4.53. The van der Waals surface area contributed by atoms with Gasteiger partial charge < -0.3 is 15.4 Å². The van der Waals surface area contributed by atoms with Crippen molar-refractivity contribution in [3.8, 4) is 5.75 Å². The number of anilines is 1. The molecule has 160 valence electrons. The predicted molar refractivity (Wildman–Crippen MR) is 126 cm³/mol. The molecule has 0 aromatic heterocycles. The molecule has 10 heteroatoms. The fourth-order valence-electron chi connectivity index (χ4n) is 2.53. The van der Waals surface area contributed by atoms with E-state index in [2.05, 4.69) is 31.6 Å². The SMILES string of the molecule is CC(=O)NC1=NC(=O)/C(=C/c2cc(Br)ccc2OCC(=O)Nc2ccc(C)c(Cl)c2)S1. The molecule has 0 radical (unpaired) electrons. The summed E-state index contributed by atoms with van der Waals surface area (Å²) in [6.07, 6.45) is 1.60. The standard InChI is InChI=1S/C21H17BrClN3O4S/c1-11-3-5-15(9-16(11)23)25-19(28)10-30-17-6-4-14(22)7-13(17)8-18-20(29)26-21(31-18)24-12(2)27/h3-9H,10H2,1-2H3,(H,25,28)(H,24,26,27,29)/b18-8-. The molecule has 1 aliphatic rings. The van der Waals surface area contributed by atoms with Crippen molar-refractivity contribution in [3.63, 3.8) is 0 Å². The number of amides is 3. The molecule has 2 N–H and O–H groups in total. The lowest BCUT2D eigenvalue weighted by Gasteiger charge is -2.11. The fraction of sp³-hybridized carbons (Fsp3) is 0.143. The average molecular weight is 523 g/mol. The molecule has 2 aromatic carbocycles. The minimum atomic E-state index is -0.464. The van der Waals surface area contributed by atoms with Gasteiger partial charge in [0.25, 0.3) is 11.8 Å². The van der Waals surface area contributed by atoms with Crippen LogP contribution in [0.15, 0.2) is 50.8 Å². The van der Waals surface area contributed by atoms with Gasteiger partial charge in [0.05, 0.1) is 4.91 Å². The summed E-state index contributed by atoms with van der Waals surface area (Å²) in [7, 11) is 0. The van der Waals surface area contributed by atoms with Crippen LogP contribution in [-0.4, -0.2) is 29.5 Å². The lowest BCUT2D eigenvalue weighted by atomic mass is 10.2. The number of nitrogens with zero attached hydrogens (tertiary/aromatic N) is 1. The Labute approximate surface area is 196 Å². The Morgan fingerprint density at radius 3 is 2.71 bits per heavy atom. The number of rotatable bonds is 5. The van der Waals surface area contributed by atoms with Crippen LogP contribution in [0.3, 0.4) is 0 Å². The van der Waals surface area contributed by atoms with E-state index in [9.17, 15) is 14.4 Å². The second kappa shape index (κ2) is 10.1. The molecular weight excluding hydrogens is 506 g/mol. The Kier molecular flexibility index (Phi) is 7.53. The first-order valence-corrected chi connectivity index (χ1v) is 11.0. The van der Waals surface area contributed by atoms with E-state index in [0.717, 1.165) is 21.8 Å². The summed E-state index contributed by atoms with van der Waals surface area (Å²) in [5.74, 6) is -0.723. The molecule has 3 rings (SSSR count). The average Bonchev–Trinajstić information content (AvgIpc) is 3.02. The molecule has 3 amide bonds. The molecule has 0 saturated heterocycles. The molecule has 0 spiro atoms. The maximum atomic E-state index is 12.3. The van der Waals surface area contributed by atoms with Crippen LogP contribution in [0.5, 0.6) is 5.75 Å². The molecule has 1 heterocycles. The van der Waals surface area contributed by atoms with Crippen LogP contribution in [0, 0.1) is 6.92 Å². The van der Waals surface area contributed by atoms with E-state index in [1.807, 2.05) is 13.0 Å². The number of aryl methyl sites for hydroxylation is 1. The highest BCUT2D eigenvalue weighted by Gasteiger charge is 2.23. The van der Waals surface area contributed by atoms with Crippen LogP contribution >= 0.6 is 39.3 Å². The van der Waals surface area contributed by atoms with Crippen LogP contribution < -0.4 is 15.4 Å². The van der Waals surface area contributed by atoms with Gasteiger partial charge in [0.1, 0.15) is 5.75 Å². The minimum absolute atomic E-state index is 0.220. The molecule has 0 unspecified atom stereocenters. The first kappa shape index (κ1) is 23.1. The quantitative estimate of drug-likeness (QED) is 0.562. The molecular formula is C21H17BrClN3O4S. The van der Waals surface area contributed by atoms with Crippen molar-refractivity contribution in [2.45, 2.75) is 13.8 Å². The first-order valence-electron chi connectivity index (χ1n) is 9.00. The summed E-state index contributed by atoms with van der Waals surface area (Å²) in [4.78, 5) is 39.7. The Balaban J connectivity index is 1.70. The number of halogens is 2. The van der Waals surface area contributed by atoms with Gasteiger partial charge in [-0.25, -0.2) is 0 Å².